The van der Waals surface area contributed by atoms with Crippen LogP contribution in [0, 0.1) is 0 Å². The van der Waals surface area contributed by atoms with Gasteiger partial charge in [0, 0.05) is 5.69 Å². The maximum Gasteiger partial charge on any atom is 0.340 e. The van der Waals surface area contributed by atoms with Gasteiger partial charge in [-0.1, -0.05) is 23.7 Å². The van der Waals surface area contributed by atoms with Crippen LogP contribution >= 0.6 is 11.6 Å². The molecule has 0 aromatic heterocycles. The van der Waals surface area contributed by atoms with Crippen LogP contribution in [0.3, 0.4) is 0 Å². The van der Waals surface area contributed by atoms with E-state index in [1.54, 1.807) is 19.1 Å². The van der Waals surface area contributed by atoms with Crippen LogP contribution in [0.2, 0.25) is 5.02 Å². The third kappa shape index (κ3) is 4.71. The Balaban J connectivity index is 2.11. The maximum absolute atomic E-state index is 12.1. The number of halogens is 1. The smallest absolute Gasteiger partial charge is 0.340 e. The molecule has 130 valence electrons. The number of hydrogen-bond donors (Lipinski definition) is 3. The Kier molecular flexibility index (Phi) is 5.97. The minimum Gasteiger partial charge on any atom is -0.462 e. The summed E-state index contributed by atoms with van der Waals surface area (Å²) in [5, 5.41) is 4.96. The third-order valence-electron chi connectivity index (χ3n) is 3.12. The van der Waals surface area contributed by atoms with E-state index in [0.29, 0.717) is 5.69 Å². The molecule has 0 atom stereocenters. The van der Waals surface area contributed by atoms with Crippen LogP contribution in [-0.2, 0) is 14.3 Å². The van der Waals surface area contributed by atoms with E-state index in [1.165, 1.54) is 30.3 Å². The molecule has 0 aliphatic heterocycles. The molecule has 0 aliphatic carbocycles. The maximum atomic E-state index is 12.1. The van der Waals surface area contributed by atoms with Gasteiger partial charge >= 0.3 is 17.8 Å². The average molecular weight is 362 g/mol. The Bertz CT molecular complexity index is 823. The molecule has 2 aromatic carbocycles. The van der Waals surface area contributed by atoms with Gasteiger partial charge in [-0.25, -0.2) is 4.79 Å². The molecule has 25 heavy (non-hydrogen) atoms. The zero-order chi connectivity index (χ0) is 18.4. The molecule has 2 rings (SSSR count). The van der Waals surface area contributed by atoms with Crippen molar-refractivity contribution in [1.29, 1.82) is 0 Å². The first-order valence-corrected chi connectivity index (χ1v) is 7.73. The van der Waals surface area contributed by atoms with Gasteiger partial charge in [0.05, 0.1) is 28.6 Å². The second kappa shape index (κ2) is 8.16. The van der Waals surface area contributed by atoms with Gasteiger partial charge < -0.3 is 21.1 Å². The SMILES string of the molecule is CCOC(=O)c1ccccc1NC(=O)C(=O)Nc1ccc(N)cc1Cl. The molecule has 0 spiro atoms. The van der Waals surface area contributed by atoms with E-state index in [9.17, 15) is 14.4 Å². The predicted molar refractivity (Wildman–Crippen MR) is 95.5 cm³/mol. The Morgan fingerprint density at radius 1 is 1.04 bits per heavy atom. The molecule has 2 aromatic rings. The van der Waals surface area contributed by atoms with Crippen molar-refractivity contribution in [2.24, 2.45) is 0 Å². The van der Waals surface area contributed by atoms with E-state index in [0.717, 1.165) is 0 Å². The number of ether oxygens (including phenoxy) is 1. The lowest BCUT2D eigenvalue weighted by Gasteiger charge is -2.11. The molecular weight excluding hydrogens is 346 g/mol. The van der Waals surface area contributed by atoms with Crippen molar-refractivity contribution in [3.8, 4) is 0 Å². The zero-order valence-corrected chi connectivity index (χ0v) is 14.1. The van der Waals surface area contributed by atoms with Crippen LogP contribution < -0.4 is 16.4 Å². The van der Waals surface area contributed by atoms with Gasteiger partial charge in [0.25, 0.3) is 0 Å². The molecule has 0 aliphatic rings. The highest BCUT2D eigenvalue weighted by Crippen LogP contribution is 2.24. The van der Waals surface area contributed by atoms with Crippen molar-refractivity contribution in [1.82, 2.24) is 0 Å². The molecule has 0 unspecified atom stereocenters. The third-order valence-corrected chi connectivity index (χ3v) is 3.43. The van der Waals surface area contributed by atoms with E-state index >= 15 is 0 Å². The summed E-state index contributed by atoms with van der Waals surface area (Å²) in [6.45, 7) is 1.86. The van der Waals surface area contributed by atoms with E-state index in [1.807, 2.05) is 0 Å². The van der Waals surface area contributed by atoms with Crippen LogP contribution in [0.4, 0.5) is 17.1 Å². The molecular formula is C17H16ClN3O4. The molecule has 2 amide bonds. The highest BCUT2D eigenvalue weighted by Gasteiger charge is 2.19. The van der Waals surface area contributed by atoms with Gasteiger partial charge in [-0.3, -0.25) is 9.59 Å². The first-order chi connectivity index (χ1) is 11.9. The molecule has 0 bridgehead atoms. The van der Waals surface area contributed by atoms with Gasteiger partial charge in [-0.05, 0) is 37.3 Å². The second-order valence-electron chi connectivity index (χ2n) is 4.91. The number of carbonyl (C=O) groups is 3. The van der Waals surface area contributed by atoms with Crippen molar-refractivity contribution in [3.05, 3.63) is 53.1 Å². The second-order valence-corrected chi connectivity index (χ2v) is 5.32. The summed E-state index contributed by atoms with van der Waals surface area (Å²) in [4.78, 5) is 36.0. The van der Waals surface area contributed by atoms with Crippen LogP contribution in [0.5, 0.6) is 0 Å². The number of carbonyl (C=O) groups excluding carboxylic acids is 3. The fraction of sp³-hybridized carbons (Fsp3) is 0.118. The lowest BCUT2D eigenvalue weighted by Crippen LogP contribution is -2.30. The highest BCUT2D eigenvalue weighted by molar-refractivity contribution is 6.45. The van der Waals surface area contributed by atoms with Crippen LogP contribution in [0.25, 0.3) is 0 Å². The summed E-state index contributed by atoms with van der Waals surface area (Å²) in [6, 6.07) is 10.7. The minimum absolute atomic E-state index is 0.149. The normalized spacial score (nSPS) is 10.0. The summed E-state index contributed by atoms with van der Waals surface area (Å²) in [7, 11) is 0. The number of rotatable bonds is 4. The number of esters is 1. The number of nitrogens with one attached hydrogen (secondary N) is 2. The molecule has 0 saturated heterocycles. The van der Waals surface area contributed by atoms with Crippen molar-refractivity contribution in [2.75, 3.05) is 23.0 Å². The standard InChI is InChI=1S/C17H16ClN3O4/c1-2-25-17(24)11-5-3-4-6-13(11)20-15(22)16(23)21-14-8-7-10(19)9-12(14)18/h3-9H,2,19H2,1H3,(H,20,22)(H,21,23). The number of anilines is 3. The Labute approximate surface area is 149 Å². The number of para-hydroxylation sites is 1. The Hall–Kier alpha value is -3.06. The van der Waals surface area contributed by atoms with Crippen molar-refractivity contribution >= 4 is 46.4 Å². The number of benzene rings is 2. The average Bonchev–Trinajstić information content (AvgIpc) is 2.58. The van der Waals surface area contributed by atoms with Gasteiger partial charge in [0.2, 0.25) is 0 Å². The lowest BCUT2D eigenvalue weighted by atomic mass is 10.2. The van der Waals surface area contributed by atoms with Crippen LogP contribution in [-0.4, -0.2) is 24.4 Å². The van der Waals surface area contributed by atoms with Gasteiger partial charge in [-0.15, -0.1) is 0 Å². The van der Waals surface area contributed by atoms with Crippen LogP contribution in [0.15, 0.2) is 42.5 Å². The molecule has 0 saturated carbocycles. The van der Waals surface area contributed by atoms with Gasteiger partial charge in [0.15, 0.2) is 0 Å². The van der Waals surface area contributed by atoms with E-state index in [-0.39, 0.29) is 28.6 Å². The fourth-order valence-electron chi connectivity index (χ4n) is 1.97. The molecule has 7 nitrogen and oxygen atoms in total. The molecule has 4 N–H and O–H groups in total. The predicted octanol–water partition coefficient (Wildman–Crippen LogP) is 2.68. The number of nitrogens with two attached hydrogens (primary N) is 1. The highest BCUT2D eigenvalue weighted by atomic mass is 35.5. The number of hydrogen-bond acceptors (Lipinski definition) is 5. The lowest BCUT2D eigenvalue weighted by molar-refractivity contribution is -0.133. The molecule has 0 radical (unpaired) electrons. The fourth-order valence-corrected chi connectivity index (χ4v) is 2.21. The first-order valence-electron chi connectivity index (χ1n) is 7.36. The van der Waals surface area contributed by atoms with E-state index in [2.05, 4.69) is 10.6 Å². The Morgan fingerprint density at radius 3 is 2.32 bits per heavy atom. The topological polar surface area (TPSA) is 111 Å². The Morgan fingerprint density at radius 2 is 1.68 bits per heavy atom. The summed E-state index contributed by atoms with van der Waals surface area (Å²) >= 11 is 5.95. The molecule has 0 heterocycles. The van der Waals surface area contributed by atoms with E-state index in [4.69, 9.17) is 22.1 Å². The molecule has 0 fully saturated rings. The zero-order valence-electron chi connectivity index (χ0n) is 13.3. The van der Waals surface area contributed by atoms with Gasteiger partial charge in [0.1, 0.15) is 0 Å². The number of nitrogen functional groups attached to an aromatic ring is 1. The monoisotopic (exact) mass is 361 g/mol. The largest absolute Gasteiger partial charge is 0.462 e. The number of amides is 2. The summed E-state index contributed by atoms with van der Waals surface area (Å²) < 4.78 is 4.91. The molecule has 8 heteroatoms. The van der Waals surface area contributed by atoms with Crippen LogP contribution in [0.1, 0.15) is 17.3 Å². The van der Waals surface area contributed by atoms with Crippen molar-refractivity contribution in [3.63, 3.8) is 0 Å². The van der Waals surface area contributed by atoms with Crippen molar-refractivity contribution in [2.45, 2.75) is 6.92 Å². The summed E-state index contributed by atoms with van der Waals surface area (Å²) in [5.74, 6) is -2.49. The first kappa shape index (κ1) is 18.3. The summed E-state index contributed by atoms with van der Waals surface area (Å²) in [6.07, 6.45) is 0. The summed E-state index contributed by atoms with van der Waals surface area (Å²) in [5.41, 5.74) is 6.56. The minimum atomic E-state index is -0.954. The van der Waals surface area contributed by atoms with Crippen molar-refractivity contribution < 1.29 is 19.1 Å². The van der Waals surface area contributed by atoms with E-state index < -0.39 is 17.8 Å². The quantitative estimate of drug-likeness (QED) is 0.440. The van der Waals surface area contributed by atoms with Gasteiger partial charge in [-0.2, -0.15) is 0 Å².